The lowest BCUT2D eigenvalue weighted by atomic mass is 9.80. The van der Waals surface area contributed by atoms with Gasteiger partial charge in [0.25, 0.3) is 0 Å². The summed E-state index contributed by atoms with van der Waals surface area (Å²) in [5, 5.41) is 0. The molecule has 0 bridgehead atoms. The third kappa shape index (κ3) is 6.99. The summed E-state index contributed by atoms with van der Waals surface area (Å²) in [7, 11) is 1.67. The highest BCUT2D eigenvalue weighted by atomic mass is 16.5. The molecule has 0 spiro atoms. The molecule has 0 unspecified atom stereocenters. The van der Waals surface area contributed by atoms with Crippen LogP contribution in [-0.2, 0) is 14.2 Å². The van der Waals surface area contributed by atoms with Crippen molar-refractivity contribution in [3.8, 4) is 0 Å². The van der Waals surface area contributed by atoms with Gasteiger partial charge in [-0.25, -0.2) is 0 Å². The number of hydrogen-bond acceptors (Lipinski definition) is 4. The average Bonchev–Trinajstić information content (AvgIpc) is 2.33. The van der Waals surface area contributed by atoms with E-state index in [0.717, 1.165) is 25.9 Å². The number of hydrogen-bond donors (Lipinski definition) is 1. The summed E-state index contributed by atoms with van der Waals surface area (Å²) in [4.78, 5) is 0. The third-order valence-electron chi connectivity index (χ3n) is 3.40. The van der Waals surface area contributed by atoms with Gasteiger partial charge in [0.05, 0.1) is 26.4 Å². The minimum atomic E-state index is 0.0369. The second-order valence-corrected chi connectivity index (χ2v) is 4.89. The van der Waals surface area contributed by atoms with Crippen LogP contribution in [0.1, 0.15) is 38.5 Å². The van der Waals surface area contributed by atoms with E-state index in [9.17, 15) is 0 Å². The van der Waals surface area contributed by atoms with Crippen LogP contribution in [0.4, 0.5) is 0 Å². The van der Waals surface area contributed by atoms with Gasteiger partial charge in [0.1, 0.15) is 0 Å². The highest BCUT2D eigenvalue weighted by Crippen LogP contribution is 2.28. The Morgan fingerprint density at radius 2 is 1.47 bits per heavy atom. The van der Waals surface area contributed by atoms with Crippen molar-refractivity contribution in [3.05, 3.63) is 0 Å². The standard InChI is InChI=1S/C13H27NO3/c1-15-9-10-17-12-11-16-8-7-13(14)5-3-2-4-6-13/h2-12,14H2,1H3. The number of ether oxygens (including phenoxy) is 3. The van der Waals surface area contributed by atoms with Gasteiger partial charge in [0.15, 0.2) is 0 Å². The van der Waals surface area contributed by atoms with E-state index in [4.69, 9.17) is 19.9 Å². The molecule has 1 rings (SSSR count). The first-order chi connectivity index (χ1) is 8.27. The van der Waals surface area contributed by atoms with E-state index in [-0.39, 0.29) is 5.54 Å². The summed E-state index contributed by atoms with van der Waals surface area (Å²) in [6.07, 6.45) is 7.17. The highest BCUT2D eigenvalue weighted by Gasteiger charge is 2.26. The zero-order chi connectivity index (χ0) is 12.4. The van der Waals surface area contributed by atoms with Crippen molar-refractivity contribution in [2.45, 2.75) is 44.1 Å². The van der Waals surface area contributed by atoms with Crippen molar-refractivity contribution in [2.75, 3.05) is 40.1 Å². The van der Waals surface area contributed by atoms with Crippen LogP contribution in [-0.4, -0.2) is 45.7 Å². The smallest absolute Gasteiger partial charge is 0.0701 e. The van der Waals surface area contributed by atoms with E-state index in [2.05, 4.69) is 0 Å². The lowest BCUT2D eigenvalue weighted by Crippen LogP contribution is -2.42. The van der Waals surface area contributed by atoms with Gasteiger partial charge in [-0.1, -0.05) is 19.3 Å². The van der Waals surface area contributed by atoms with Crippen molar-refractivity contribution in [2.24, 2.45) is 5.73 Å². The van der Waals surface area contributed by atoms with Crippen molar-refractivity contribution in [1.29, 1.82) is 0 Å². The van der Waals surface area contributed by atoms with Crippen molar-refractivity contribution < 1.29 is 14.2 Å². The van der Waals surface area contributed by atoms with Crippen molar-refractivity contribution in [1.82, 2.24) is 0 Å². The first-order valence-electron chi connectivity index (χ1n) is 6.70. The Balaban J connectivity index is 1.89. The Morgan fingerprint density at radius 3 is 2.12 bits per heavy atom. The fourth-order valence-electron chi connectivity index (χ4n) is 2.25. The molecule has 2 N–H and O–H groups in total. The number of methoxy groups -OCH3 is 1. The normalized spacial score (nSPS) is 19.4. The Kier molecular flexibility index (Phi) is 7.77. The van der Waals surface area contributed by atoms with Crippen LogP contribution >= 0.6 is 0 Å². The molecule has 0 atom stereocenters. The van der Waals surface area contributed by atoms with Gasteiger partial charge >= 0.3 is 0 Å². The Bertz CT molecular complexity index is 182. The maximum atomic E-state index is 6.31. The van der Waals surface area contributed by atoms with Crippen LogP contribution in [0, 0.1) is 0 Å². The van der Waals surface area contributed by atoms with E-state index in [1.165, 1.54) is 19.3 Å². The third-order valence-corrected chi connectivity index (χ3v) is 3.40. The lowest BCUT2D eigenvalue weighted by molar-refractivity contribution is 0.0194. The van der Waals surface area contributed by atoms with Gasteiger partial charge in [-0.3, -0.25) is 0 Å². The molecule has 0 aromatic heterocycles. The molecular weight excluding hydrogens is 218 g/mol. The molecule has 17 heavy (non-hydrogen) atoms. The topological polar surface area (TPSA) is 53.7 Å². The van der Waals surface area contributed by atoms with Gasteiger partial charge in [-0.2, -0.15) is 0 Å². The summed E-state index contributed by atoms with van der Waals surface area (Å²) >= 11 is 0. The molecule has 0 aliphatic heterocycles. The first-order valence-corrected chi connectivity index (χ1v) is 6.70. The predicted octanol–water partition coefficient (Wildman–Crippen LogP) is 1.72. The maximum absolute atomic E-state index is 6.31. The van der Waals surface area contributed by atoms with Crippen LogP contribution in [0.3, 0.4) is 0 Å². The Labute approximate surface area is 105 Å². The molecule has 4 heteroatoms. The molecule has 1 saturated carbocycles. The zero-order valence-electron chi connectivity index (χ0n) is 11.1. The molecule has 0 heterocycles. The van der Waals surface area contributed by atoms with Gasteiger partial charge in [-0.05, 0) is 19.3 Å². The van der Waals surface area contributed by atoms with E-state index in [1.807, 2.05) is 0 Å². The minimum Gasteiger partial charge on any atom is -0.382 e. The Morgan fingerprint density at radius 1 is 0.882 bits per heavy atom. The fraction of sp³-hybridized carbons (Fsp3) is 1.00. The SMILES string of the molecule is COCCOCCOCCC1(N)CCCCC1. The van der Waals surface area contributed by atoms with Crippen LogP contribution in [0.15, 0.2) is 0 Å². The second-order valence-electron chi connectivity index (χ2n) is 4.89. The van der Waals surface area contributed by atoms with Crippen LogP contribution in [0.25, 0.3) is 0 Å². The van der Waals surface area contributed by atoms with Gasteiger partial charge in [-0.15, -0.1) is 0 Å². The molecule has 1 aliphatic rings. The number of nitrogens with two attached hydrogens (primary N) is 1. The summed E-state index contributed by atoms with van der Waals surface area (Å²) in [5.74, 6) is 0. The summed E-state index contributed by atoms with van der Waals surface area (Å²) < 4.78 is 15.7. The number of rotatable bonds is 9. The average molecular weight is 245 g/mol. The molecule has 0 aromatic carbocycles. The van der Waals surface area contributed by atoms with Crippen LogP contribution in [0.5, 0.6) is 0 Å². The highest BCUT2D eigenvalue weighted by molar-refractivity contribution is 4.86. The second kappa shape index (κ2) is 8.86. The molecule has 1 aliphatic carbocycles. The predicted molar refractivity (Wildman–Crippen MR) is 68.1 cm³/mol. The van der Waals surface area contributed by atoms with Crippen LogP contribution < -0.4 is 5.73 Å². The van der Waals surface area contributed by atoms with E-state index in [1.54, 1.807) is 7.11 Å². The molecule has 102 valence electrons. The lowest BCUT2D eigenvalue weighted by Gasteiger charge is -2.33. The molecule has 0 aromatic rings. The first kappa shape index (κ1) is 14.9. The van der Waals surface area contributed by atoms with Crippen LogP contribution in [0.2, 0.25) is 0 Å². The summed E-state index contributed by atoms with van der Waals surface area (Å²) in [6.45, 7) is 3.33. The maximum Gasteiger partial charge on any atom is 0.0701 e. The van der Waals surface area contributed by atoms with Crippen molar-refractivity contribution in [3.63, 3.8) is 0 Å². The molecule has 4 nitrogen and oxygen atoms in total. The molecular formula is C13H27NO3. The minimum absolute atomic E-state index is 0.0369. The van der Waals surface area contributed by atoms with E-state index in [0.29, 0.717) is 26.4 Å². The molecule has 0 radical (unpaired) electrons. The van der Waals surface area contributed by atoms with Gasteiger partial charge in [0, 0.05) is 19.3 Å². The van der Waals surface area contributed by atoms with Crippen molar-refractivity contribution >= 4 is 0 Å². The van der Waals surface area contributed by atoms with E-state index >= 15 is 0 Å². The zero-order valence-corrected chi connectivity index (χ0v) is 11.1. The molecule has 0 amide bonds. The summed E-state index contributed by atoms with van der Waals surface area (Å²) in [5.41, 5.74) is 6.35. The van der Waals surface area contributed by atoms with Gasteiger partial charge < -0.3 is 19.9 Å². The molecule has 1 fully saturated rings. The molecule has 0 saturated heterocycles. The quantitative estimate of drug-likeness (QED) is 0.628. The van der Waals surface area contributed by atoms with E-state index < -0.39 is 0 Å². The largest absolute Gasteiger partial charge is 0.382 e. The monoisotopic (exact) mass is 245 g/mol. The Hall–Kier alpha value is -0.160. The van der Waals surface area contributed by atoms with Gasteiger partial charge in [0.2, 0.25) is 0 Å². The summed E-state index contributed by atoms with van der Waals surface area (Å²) in [6, 6.07) is 0. The fourth-order valence-corrected chi connectivity index (χ4v) is 2.25.